The third-order valence-electron chi connectivity index (χ3n) is 2.93. The summed E-state index contributed by atoms with van der Waals surface area (Å²) in [5, 5.41) is 4.21. The van der Waals surface area contributed by atoms with Gasteiger partial charge in [-0.05, 0) is 23.6 Å². The van der Waals surface area contributed by atoms with Crippen molar-refractivity contribution in [2.24, 2.45) is 11.7 Å². The van der Waals surface area contributed by atoms with Gasteiger partial charge in [0, 0.05) is 19.0 Å². The Hall–Kier alpha value is -1.75. The molecule has 1 aromatic heterocycles. The molecule has 1 unspecified atom stereocenters. The number of rotatable bonds is 5. The Kier molecular flexibility index (Phi) is 4.27. The van der Waals surface area contributed by atoms with Crippen LogP contribution in [0.5, 0.6) is 0 Å². The van der Waals surface area contributed by atoms with Gasteiger partial charge in [-0.25, -0.2) is 14.1 Å². The molecular formula is C14H19FN4. The van der Waals surface area contributed by atoms with E-state index in [1.807, 2.05) is 4.68 Å². The summed E-state index contributed by atoms with van der Waals surface area (Å²) in [7, 11) is 0. The first-order chi connectivity index (χ1) is 9.06. The zero-order valence-corrected chi connectivity index (χ0v) is 11.3. The number of nitrogens with zero attached hydrogens (tertiary/aromatic N) is 3. The van der Waals surface area contributed by atoms with Crippen molar-refractivity contribution in [1.82, 2.24) is 14.8 Å². The summed E-state index contributed by atoms with van der Waals surface area (Å²) in [5.41, 5.74) is 7.04. The number of hydrogen-bond donors (Lipinski definition) is 1. The summed E-state index contributed by atoms with van der Waals surface area (Å²) in [6.45, 7) is 5.09. The molecule has 1 atom stereocenters. The third kappa shape index (κ3) is 3.61. The number of hydrogen-bond acceptors (Lipinski definition) is 3. The first-order valence-corrected chi connectivity index (χ1v) is 6.44. The van der Waals surface area contributed by atoms with Crippen molar-refractivity contribution in [2.45, 2.75) is 32.9 Å². The highest BCUT2D eigenvalue weighted by Gasteiger charge is 2.12. The molecule has 0 aliphatic rings. The van der Waals surface area contributed by atoms with Gasteiger partial charge in [-0.2, -0.15) is 5.10 Å². The fourth-order valence-corrected chi connectivity index (χ4v) is 1.97. The van der Waals surface area contributed by atoms with Crippen LogP contribution >= 0.6 is 0 Å². The number of nitrogens with two attached hydrogens (primary N) is 1. The van der Waals surface area contributed by atoms with Gasteiger partial charge in [0.1, 0.15) is 18.0 Å². The minimum Gasteiger partial charge on any atom is -0.324 e. The quantitative estimate of drug-likeness (QED) is 0.899. The molecule has 4 nitrogen and oxygen atoms in total. The van der Waals surface area contributed by atoms with E-state index in [0.717, 1.165) is 17.9 Å². The predicted molar refractivity (Wildman–Crippen MR) is 71.9 cm³/mol. The molecule has 0 spiro atoms. The first-order valence-electron chi connectivity index (χ1n) is 6.44. The Balaban J connectivity index is 2.08. The molecule has 19 heavy (non-hydrogen) atoms. The van der Waals surface area contributed by atoms with Gasteiger partial charge >= 0.3 is 0 Å². The van der Waals surface area contributed by atoms with Crippen molar-refractivity contribution >= 4 is 0 Å². The highest BCUT2D eigenvalue weighted by molar-refractivity contribution is 5.20. The van der Waals surface area contributed by atoms with Crippen LogP contribution in [-0.2, 0) is 13.0 Å². The Labute approximate surface area is 112 Å². The van der Waals surface area contributed by atoms with Crippen LogP contribution in [0, 0.1) is 11.7 Å². The van der Waals surface area contributed by atoms with Crippen LogP contribution in [0.4, 0.5) is 4.39 Å². The smallest absolute Gasteiger partial charge is 0.138 e. The average Bonchev–Trinajstić information content (AvgIpc) is 2.76. The Morgan fingerprint density at radius 3 is 2.58 bits per heavy atom. The monoisotopic (exact) mass is 262 g/mol. The summed E-state index contributed by atoms with van der Waals surface area (Å²) in [5.74, 6) is 1.12. The van der Waals surface area contributed by atoms with Crippen LogP contribution in [0.2, 0.25) is 0 Å². The second-order valence-corrected chi connectivity index (χ2v) is 5.11. The summed E-state index contributed by atoms with van der Waals surface area (Å²) >= 11 is 0. The molecule has 2 aromatic rings. The Morgan fingerprint density at radius 1 is 1.26 bits per heavy atom. The average molecular weight is 262 g/mol. The molecule has 5 heteroatoms. The molecular weight excluding hydrogens is 243 g/mol. The van der Waals surface area contributed by atoms with Crippen molar-refractivity contribution in [3.8, 4) is 0 Å². The minimum absolute atomic E-state index is 0.198. The summed E-state index contributed by atoms with van der Waals surface area (Å²) in [4.78, 5) is 4.25. The lowest BCUT2D eigenvalue weighted by Crippen LogP contribution is -2.18. The SMILES string of the molecule is CC(C)Cn1ncnc1CC(N)c1ccc(F)cc1. The molecule has 102 valence electrons. The Morgan fingerprint density at radius 2 is 1.95 bits per heavy atom. The molecule has 1 heterocycles. The molecule has 0 saturated carbocycles. The van der Waals surface area contributed by atoms with Crippen molar-refractivity contribution < 1.29 is 4.39 Å². The summed E-state index contributed by atoms with van der Waals surface area (Å²) in [6.07, 6.45) is 2.15. The van der Waals surface area contributed by atoms with Crippen LogP contribution in [0.1, 0.15) is 31.3 Å². The van der Waals surface area contributed by atoms with E-state index in [1.54, 1.807) is 18.5 Å². The van der Waals surface area contributed by atoms with Gasteiger partial charge in [0.2, 0.25) is 0 Å². The van der Waals surface area contributed by atoms with E-state index in [9.17, 15) is 4.39 Å². The van der Waals surface area contributed by atoms with E-state index in [1.165, 1.54) is 12.1 Å². The molecule has 0 fully saturated rings. The molecule has 0 amide bonds. The standard InChI is InChI=1S/C14H19FN4/c1-10(2)8-19-14(17-9-18-19)7-13(16)11-3-5-12(15)6-4-11/h3-6,9-10,13H,7-8,16H2,1-2H3. The lowest BCUT2D eigenvalue weighted by molar-refractivity contribution is 0.459. The second-order valence-electron chi connectivity index (χ2n) is 5.11. The molecule has 0 aliphatic carbocycles. The highest BCUT2D eigenvalue weighted by atomic mass is 19.1. The van der Waals surface area contributed by atoms with E-state index in [0.29, 0.717) is 12.3 Å². The molecule has 2 N–H and O–H groups in total. The minimum atomic E-state index is -0.251. The molecule has 2 rings (SSSR count). The number of benzene rings is 1. The number of halogens is 1. The van der Waals surface area contributed by atoms with E-state index in [4.69, 9.17) is 5.73 Å². The van der Waals surface area contributed by atoms with Gasteiger partial charge in [0.05, 0.1) is 0 Å². The van der Waals surface area contributed by atoms with Crippen LogP contribution in [-0.4, -0.2) is 14.8 Å². The van der Waals surface area contributed by atoms with Crippen LogP contribution in [0.3, 0.4) is 0 Å². The lowest BCUT2D eigenvalue weighted by Gasteiger charge is -2.13. The third-order valence-corrected chi connectivity index (χ3v) is 2.93. The van der Waals surface area contributed by atoms with Crippen molar-refractivity contribution in [2.75, 3.05) is 0 Å². The van der Waals surface area contributed by atoms with Gasteiger partial charge in [0.15, 0.2) is 0 Å². The Bertz CT molecular complexity index is 518. The van der Waals surface area contributed by atoms with Crippen molar-refractivity contribution in [3.63, 3.8) is 0 Å². The fraction of sp³-hybridized carbons (Fsp3) is 0.429. The highest BCUT2D eigenvalue weighted by Crippen LogP contribution is 2.15. The fourth-order valence-electron chi connectivity index (χ4n) is 1.97. The van der Waals surface area contributed by atoms with E-state index < -0.39 is 0 Å². The number of aromatic nitrogens is 3. The zero-order chi connectivity index (χ0) is 13.8. The lowest BCUT2D eigenvalue weighted by atomic mass is 10.0. The first kappa shape index (κ1) is 13.7. The van der Waals surface area contributed by atoms with Crippen LogP contribution in [0.15, 0.2) is 30.6 Å². The summed E-state index contributed by atoms with van der Waals surface area (Å²) in [6, 6.07) is 6.07. The molecule has 0 aliphatic heterocycles. The van der Waals surface area contributed by atoms with Gasteiger partial charge in [-0.3, -0.25) is 0 Å². The molecule has 0 radical (unpaired) electrons. The van der Waals surface area contributed by atoms with Gasteiger partial charge in [0.25, 0.3) is 0 Å². The van der Waals surface area contributed by atoms with Crippen molar-refractivity contribution in [3.05, 3.63) is 47.8 Å². The maximum Gasteiger partial charge on any atom is 0.138 e. The summed E-state index contributed by atoms with van der Waals surface area (Å²) < 4.78 is 14.8. The van der Waals surface area contributed by atoms with E-state index >= 15 is 0 Å². The second kappa shape index (κ2) is 5.93. The van der Waals surface area contributed by atoms with Crippen molar-refractivity contribution in [1.29, 1.82) is 0 Å². The van der Waals surface area contributed by atoms with Crippen LogP contribution < -0.4 is 5.73 Å². The van der Waals surface area contributed by atoms with Gasteiger partial charge in [-0.15, -0.1) is 0 Å². The largest absolute Gasteiger partial charge is 0.324 e. The normalized spacial score (nSPS) is 12.9. The van der Waals surface area contributed by atoms with E-state index in [-0.39, 0.29) is 11.9 Å². The maximum absolute atomic E-state index is 12.9. The molecule has 0 bridgehead atoms. The van der Waals surface area contributed by atoms with Gasteiger partial charge < -0.3 is 5.73 Å². The van der Waals surface area contributed by atoms with E-state index in [2.05, 4.69) is 23.9 Å². The molecule has 1 aromatic carbocycles. The maximum atomic E-state index is 12.9. The zero-order valence-electron chi connectivity index (χ0n) is 11.3. The predicted octanol–water partition coefficient (Wildman–Crippen LogP) is 2.32. The van der Waals surface area contributed by atoms with Crippen LogP contribution in [0.25, 0.3) is 0 Å². The molecule has 0 saturated heterocycles. The van der Waals surface area contributed by atoms with Gasteiger partial charge in [-0.1, -0.05) is 26.0 Å². The topological polar surface area (TPSA) is 56.7 Å².